The molecule has 1 aromatic rings. The van der Waals surface area contributed by atoms with Crippen molar-refractivity contribution in [2.45, 2.75) is 39.3 Å². The molecule has 2 rings (SSSR count). The second-order valence-electron chi connectivity index (χ2n) is 6.20. The number of aryl methyl sites for hydroxylation is 2. The number of urea groups is 1. The van der Waals surface area contributed by atoms with Gasteiger partial charge in [-0.05, 0) is 44.9 Å². The number of aliphatic hydroxyl groups excluding tert-OH is 1. The van der Waals surface area contributed by atoms with Crippen LogP contribution in [0.2, 0.25) is 0 Å². The van der Waals surface area contributed by atoms with Gasteiger partial charge >= 0.3 is 6.03 Å². The molecule has 1 fully saturated rings. The van der Waals surface area contributed by atoms with Gasteiger partial charge in [0.05, 0.1) is 6.54 Å². The smallest absolute Gasteiger partial charge is 0.325 e. The van der Waals surface area contributed by atoms with Gasteiger partial charge in [0, 0.05) is 0 Å². The average Bonchev–Trinajstić information content (AvgIpc) is 2.62. The van der Waals surface area contributed by atoms with Gasteiger partial charge < -0.3 is 15.2 Å². The predicted molar refractivity (Wildman–Crippen MR) is 81.7 cm³/mol. The highest BCUT2D eigenvalue weighted by atomic mass is 16.5. The Bertz CT molecular complexity index is 598. The topological polar surface area (TPSA) is 78.9 Å². The maximum Gasteiger partial charge on any atom is 0.325 e. The molecule has 22 heavy (non-hydrogen) atoms. The molecule has 0 aliphatic carbocycles. The van der Waals surface area contributed by atoms with Gasteiger partial charge in [-0.25, -0.2) is 4.79 Å². The third kappa shape index (κ3) is 3.39. The van der Waals surface area contributed by atoms with Crippen molar-refractivity contribution >= 4 is 11.9 Å². The van der Waals surface area contributed by atoms with Crippen LogP contribution in [0, 0.1) is 13.8 Å². The quantitative estimate of drug-likeness (QED) is 0.805. The number of imide groups is 1. The first-order chi connectivity index (χ1) is 10.2. The third-order valence-corrected chi connectivity index (χ3v) is 3.61. The summed E-state index contributed by atoms with van der Waals surface area (Å²) in [5, 5.41) is 12.6. The zero-order valence-corrected chi connectivity index (χ0v) is 13.3. The third-order valence-electron chi connectivity index (χ3n) is 3.61. The van der Waals surface area contributed by atoms with Gasteiger partial charge in [0.15, 0.2) is 0 Å². The Morgan fingerprint density at radius 3 is 2.59 bits per heavy atom. The van der Waals surface area contributed by atoms with E-state index in [1.807, 2.05) is 32.0 Å². The molecule has 0 bridgehead atoms. The number of aliphatic hydroxyl groups is 1. The van der Waals surface area contributed by atoms with E-state index in [9.17, 15) is 14.7 Å². The molecule has 2 N–H and O–H groups in total. The van der Waals surface area contributed by atoms with Crippen molar-refractivity contribution in [3.63, 3.8) is 0 Å². The lowest BCUT2D eigenvalue weighted by atomic mass is 10.1. The fraction of sp³-hybridized carbons (Fsp3) is 0.500. The van der Waals surface area contributed by atoms with Crippen LogP contribution < -0.4 is 10.1 Å². The van der Waals surface area contributed by atoms with Crippen molar-refractivity contribution in [3.05, 3.63) is 29.3 Å². The second kappa shape index (κ2) is 5.96. The maximum absolute atomic E-state index is 12.0. The fourth-order valence-corrected chi connectivity index (χ4v) is 2.30. The molecule has 120 valence electrons. The van der Waals surface area contributed by atoms with Crippen LogP contribution in [0.4, 0.5) is 4.79 Å². The molecule has 3 amide bonds. The molecule has 6 heteroatoms. The molecule has 6 nitrogen and oxygen atoms in total. The number of carbonyl (C=O) groups excluding carboxylic acids is 2. The molecule has 1 aromatic carbocycles. The summed E-state index contributed by atoms with van der Waals surface area (Å²) in [6.45, 7) is 7.07. The van der Waals surface area contributed by atoms with Crippen molar-refractivity contribution in [3.8, 4) is 5.75 Å². The molecule has 1 saturated heterocycles. The summed E-state index contributed by atoms with van der Waals surface area (Å²) in [5.74, 6) is 0.347. The van der Waals surface area contributed by atoms with Gasteiger partial charge in [-0.15, -0.1) is 0 Å². The molecule has 0 radical (unpaired) electrons. The van der Waals surface area contributed by atoms with Crippen molar-refractivity contribution in [2.24, 2.45) is 0 Å². The normalized spacial score (nSPS) is 18.3. The zero-order chi connectivity index (χ0) is 16.5. The van der Waals surface area contributed by atoms with E-state index in [2.05, 4.69) is 5.32 Å². The summed E-state index contributed by atoms with van der Waals surface area (Å²) in [7, 11) is 0. The molecular weight excluding hydrogens is 284 g/mol. The zero-order valence-electron chi connectivity index (χ0n) is 13.3. The average molecular weight is 306 g/mol. The Morgan fingerprint density at radius 2 is 2.00 bits per heavy atom. The minimum Gasteiger partial charge on any atom is -0.491 e. The van der Waals surface area contributed by atoms with Crippen LogP contribution in [0.3, 0.4) is 0 Å². The van der Waals surface area contributed by atoms with Crippen LogP contribution in [-0.2, 0) is 4.79 Å². The maximum atomic E-state index is 12.0. The summed E-state index contributed by atoms with van der Waals surface area (Å²) < 4.78 is 5.59. The Balaban J connectivity index is 1.94. The van der Waals surface area contributed by atoms with Gasteiger partial charge in [0.2, 0.25) is 0 Å². The largest absolute Gasteiger partial charge is 0.491 e. The van der Waals surface area contributed by atoms with Gasteiger partial charge in [0.25, 0.3) is 5.91 Å². The van der Waals surface area contributed by atoms with E-state index in [-0.39, 0.29) is 19.1 Å². The summed E-state index contributed by atoms with van der Waals surface area (Å²) in [5.41, 5.74) is 1.10. The first-order valence-corrected chi connectivity index (χ1v) is 7.23. The fourth-order valence-electron chi connectivity index (χ4n) is 2.30. The van der Waals surface area contributed by atoms with E-state index in [0.29, 0.717) is 5.75 Å². The van der Waals surface area contributed by atoms with Crippen LogP contribution in [-0.4, -0.2) is 46.7 Å². The van der Waals surface area contributed by atoms with Gasteiger partial charge in [-0.2, -0.15) is 0 Å². The molecule has 1 unspecified atom stereocenters. The number of benzene rings is 1. The second-order valence-corrected chi connectivity index (χ2v) is 6.20. The number of hydrogen-bond acceptors (Lipinski definition) is 4. The number of rotatable bonds is 5. The van der Waals surface area contributed by atoms with Gasteiger partial charge in [-0.3, -0.25) is 9.69 Å². The molecular formula is C16H22N2O4. The number of carbonyl (C=O) groups is 2. The van der Waals surface area contributed by atoms with Gasteiger partial charge in [-0.1, -0.05) is 12.1 Å². The predicted octanol–water partition coefficient (Wildman–Crippen LogP) is 1.37. The van der Waals surface area contributed by atoms with E-state index < -0.39 is 17.7 Å². The van der Waals surface area contributed by atoms with Crippen LogP contribution in [0.15, 0.2) is 18.2 Å². The lowest BCUT2D eigenvalue weighted by Crippen LogP contribution is -2.42. The molecule has 1 heterocycles. The van der Waals surface area contributed by atoms with E-state index in [1.54, 1.807) is 13.8 Å². The van der Waals surface area contributed by atoms with Crippen molar-refractivity contribution in [2.75, 3.05) is 13.2 Å². The number of β-amino-alcohol motifs (C(OH)–C–C–N with tert-alkyl or cyclic N) is 1. The van der Waals surface area contributed by atoms with E-state index >= 15 is 0 Å². The first kappa shape index (κ1) is 16.3. The van der Waals surface area contributed by atoms with Crippen LogP contribution >= 0.6 is 0 Å². The Hall–Kier alpha value is -2.08. The standard InChI is InChI=1S/C16H22N2O4/c1-10-5-6-11(2)13(7-10)22-9-12(19)8-18-14(20)16(3,4)17-15(18)21/h5-7,12,19H,8-9H2,1-4H3,(H,17,21). The monoisotopic (exact) mass is 306 g/mol. The van der Waals surface area contributed by atoms with Gasteiger partial charge in [0.1, 0.15) is 24.0 Å². The number of nitrogens with zero attached hydrogens (tertiary/aromatic N) is 1. The van der Waals surface area contributed by atoms with Crippen LogP contribution in [0.25, 0.3) is 0 Å². The SMILES string of the molecule is Cc1ccc(C)c(OCC(O)CN2C(=O)NC(C)(C)C2=O)c1. The lowest BCUT2D eigenvalue weighted by Gasteiger charge is -2.20. The summed E-state index contributed by atoms with van der Waals surface area (Å²) in [6.07, 6.45) is -0.941. The number of amides is 3. The summed E-state index contributed by atoms with van der Waals surface area (Å²) in [4.78, 5) is 24.8. The molecule has 1 aliphatic rings. The minimum absolute atomic E-state index is 0.0157. The Kier molecular flexibility index (Phi) is 4.42. The van der Waals surface area contributed by atoms with Crippen LogP contribution in [0.5, 0.6) is 5.75 Å². The molecule has 0 saturated carbocycles. The van der Waals surface area contributed by atoms with Crippen molar-refractivity contribution in [1.29, 1.82) is 0 Å². The molecule has 1 atom stereocenters. The van der Waals surface area contributed by atoms with E-state index in [4.69, 9.17) is 4.74 Å². The molecule has 0 aromatic heterocycles. The van der Waals surface area contributed by atoms with Crippen molar-refractivity contribution in [1.82, 2.24) is 10.2 Å². The highest BCUT2D eigenvalue weighted by Gasteiger charge is 2.44. The highest BCUT2D eigenvalue weighted by Crippen LogP contribution is 2.20. The highest BCUT2D eigenvalue weighted by molar-refractivity contribution is 6.06. The lowest BCUT2D eigenvalue weighted by molar-refractivity contribution is -0.131. The number of ether oxygens (including phenoxy) is 1. The van der Waals surface area contributed by atoms with Crippen molar-refractivity contribution < 1.29 is 19.4 Å². The summed E-state index contributed by atoms with van der Waals surface area (Å²) >= 11 is 0. The molecule has 1 aliphatic heterocycles. The first-order valence-electron chi connectivity index (χ1n) is 7.23. The van der Waals surface area contributed by atoms with E-state index in [1.165, 1.54) is 0 Å². The van der Waals surface area contributed by atoms with E-state index in [0.717, 1.165) is 16.0 Å². The minimum atomic E-state index is -0.941. The Labute approximate surface area is 130 Å². The Morgan fingerprint density at radius 1 is 1.32 bits per heavy atom. The number of nitrogens with one attached hydrogen (secondary N) is 1. The summed E-state index contributed by atoms with van der Waals surface area (Å²) in [6, 6.07) is 5.32. The molecule has 0 spiro atoms. The van der Waals surface area contributed by atoms with Crippen LogP contribution in [0.1, 0.15) is 25.0 Å². The number of hydrogen-bond donors (Lipinski definition) is 2.